The van der Waals surface area contributed by atoms with Crippen LogP contribution >= 0.6 is 23.2 Å². The summed E-state index contributed by atoms with van der Waals surface area (Å²) in [5, 5.41) is 7.13. The molecule has 0 unspecified atom stereocenters. The molecule has 1 N–H and O–H groups in total. The maximum absolute atomic E-state index is 11.2. The van der Waals surface area contributed by atoms with Crippen LogP contribution in [-0.2, 0) is 4.33 Å². The number of nitrogens with one attached hydrogen (secondary N) is 1. The second-order valence-corrected chi connectivity index (χ2v) is 4.33. The van der Waals surface area contributed by atoms with E-state index in [0.717, 1.165) is 0 Å². The molecular weight excluding hydrogens is 213 g/mol. The molecule has 1 rings (SSSR count). The molecule has 4 nitrogen and oxygen atoms in total. The normalized spacial score (nSPS) is 12.1. The molecule has 0 aliphatic rings. The van der Waals surface area contributed by atoms with Crippen LogP contribution in [0, 0.1) is 5.92 Å². The van der Waals surface area contributed by atoms with Crippen LogP contribution in [0.5, 0.6) is 0 Å². The van der Waals surface area contributed by atoms with Crippen LogP contribution in [0.3, 0.4) is 0 Å². The van der Waals surface area contributed by atoms with Crippen LogP contribution in [0.25, 0.3) is 0 Å². The van der Waals surface area contributed by atoms with Gasteiger partial charge in [-0.3, -0.25) is 4.79 Å². The van der Waals surface area contributed by atoms with Crippen molar-refractivity contribution in [1.29, 1.82) is 0 Å². The van der Waals surface area contributed by atoms with Gasteiger partial charge < -0.3 is 4.98 Å². The second kappa shape index (κ2) is 3.64. The first kappa shape index (κ1) is 10.5. The average molecular weight is 222 g/mol. The number of H-pyrrole nitrogens is 1. The molecule has 0 spiro atoms. The van der Waals surface area contributed by atoms with Gasteiger partial charge in [-0.15, -0.1) is 10.2 Å². The number of hydrogen-bond acceptors (Lipinski definition) is 3. The SMILES string of the molecule is CC(C)C(Cl)(Cl)c1nnc[nH]c1=O. The minimum absolute atomic E-state index is 0.0355. The van der Waals surface area contributed by atoms with Gasteiger partial charge >= 0.3 is 0 Å². The first-order chi connectivity index (χ1) is 5.96. The Hall–Kier alpha value is -0.610. The van der Waals surface area contributed by atoms with Crippen molar-refractivity contribution in [2.24, 2.45) is 5.92 Å². The van der Waals surface area contributed by atoms with Crippen LogP contribution in [0.2, 0.25) is 0 Å². The molecule has 72 valence electrons. The lowest BCUT2D eigenvalue weighted by atomic mass is 10.1. The average Bonchev–Trinajstić information content (AvgIpc) is 2.04. The number of rotatable bonds is 2. The van der Waals surface area contributed by atoms with E-state index >= 15 is 0 Å². The molecule has 0 aromatic carbocycles. The van der Waals surface area contributed by atoms with Gasteiger partial charge in [0, 0.05) is 0 Å². The molecule has 0 fully saturated rings. The zero-order valence-electron chi connectivity index (χ0n) is 7.21. The smallest absolute Gasteiger partial charge is 0.275 e. The highest BCUT2D eigenvalue weighted by Gasteiger charge is 2.35. The summed E-state index contributed by atoms with van der Waals surface area (Å²) in [4.78, 5) is 13.6. The fourth-order valence-electron chi connectivity index (χ4n) is 0.779. The summed E-state index contributed by atoms with van der Waals surface area (Å²) >= 11 is 11.9. The van der Waals surface area contributed by atoms with Crippen LogP contribution in [0.15, 0.2) is 11.1 Å². The number of aromatic nitrogens is 3. The molecule has 0 saturated heterocycles. The van der Waals surface area contributed by atoms with Crippen molar-refractivity contribution in [3.05, 3.63) is 22.4 Å². The van der Waals surface area contributed by atoms with Gasteiger partial charge in [-0.05, 0) is 5.92 Å². The third-order valence-electron chi connectivity index (χ3n) is 1.67. The standard InChI is InChI=1S/C7H9Cl2N3O/c1-4(2)7(8,9)5-6(13)10-3-11-12-5/h3-4H,1-2H3,(H,10,11,13). The van der Waals surface area contributed by atoms with E-state index in [1.807, 2.05) is 0 Å². The van der Waals surface area contributed by atoms with Gasteiger partial charge in [-0.25, -0.2) is 0 Å². The van der Waals surface area contributed by atoms with Crippen molar-refractivity contribution in [2.45, 2.75) is 18.2 Å². The zero-order chi connectivity index (χ0) is 10.1. The number of halogens is 2. The Labute approximate surface area is 85.3 Å². The summed E-state index contributed by atoms with van der Waals surface area (Å²) in [6, 6.07) is 0. The molecule has 13 heavy (non-hydrogen) atoms. The highest BCUT2D eigenvalue weighted by atomic mass is 35.5. The number of alkyl halides is 2. The van der Waals surface area contributed by atoms with Crippen molar-refractivity contribution in [2.75, 3.05) is 0 Å². The first-order valence-electron chi connectivity index (χ1n) is 3.75. The molecule has 1 heterocycles. The van der Waals surface area contributed by atoms with Gasteiger partial charge in [0.2, 0.25) is 0 Å². The Morgan fingerprint density at radius 1 is 1.54 bits per heavy atom. The fourth-order valence-corrected chi connectivity index (χ4v) is 1.03. The van der Waals surface area contributed by atoms with E-state index in [4.69, 9.17) is 23.2 Å². The predicted molar refractivity (Wildman–Crippen MR) is 50.9 cm³/mol. The lowest BCUT2D eigenvalue weighted by molar-refractivity contribution is 0.546. The van der Waals surface area contributed by atoms with Crippen LogP contribution in [-0.4, -0.2) is 15.2 Å². The lowest BCUT2D eigenvalue weighted by Crippen LogP contribution is -2.29. The highest BCUT2D eigenvalue weighted by Crippen LogP contribution is 2.37. The minimum atomic E-state index is -1.29. The Kier molecular flexibility index (Phi) is 2.93. The summed E-state index contributed by atoms with van der Waals surface area (Å²) in [5.74, 6) is -0.117. The molecule has 0 radical (unpaired) electrons. The van der Waals surface area contributed by atoms with E-state index in [2.05, 4.69) is 15.2 Å². The molecule has 1 aromatic heterocycles. The molecule has 0 saturated carbocycles. The molecule has 0 aliphatic carbocycles. The fraction of sp³-hybridized carbons (Fsp3) is 0.571. The molecule has 6 heteroatoms. The van der Waals surface area contributed by atoms with E-state index in [9.17, 15) is 4.79 Å². The van der Waals surface area contributed by atoms with E-state index in [1.165, 1.54) is 6.33 Å². The van der Waals surface area contributed by atoms with Gasteiger partial charge in [-0.2, -0.15) is 0 Å². The lowest BCUT2D eigenvalue weighted by Gasteiger charge is -2.20. The van der Waals surface area contributed by atoms with Gasteiger partial charge in [0.25, 0.3) is 5.56 Å². The summed E-state index contributed by atoms with van der Waals surface area (Å²) in [5.41, 5.74) is -0.373. The maximum Gasteiger partial charge on any atom is 0.275 e. The minimum Gasteiger partial charge on any atom is -0.310 e. The zero-order valence-corrected chi connectivity index (χ0v) is 8.73. The van der Waals surface area contributed by atoms with Gasteiger partial charge in [0.1, 0.15) is 6.33 Å². The van der Waals surface area contributed by atoms with Gasteiger partial charge in [-0.1, -0.05) is 37.0 Å². The maximum atomic E-state index is 11.2. The number of hydrogen-bond donors (Lipinski definition) is 1. The summed E-state index contributed by atoms with van der Waals surface area (Å²) in [7, 11) is 0. The summed E-state index contributed by atoms with van der Waals surface area (Å²) < 4.78 is -1.29. The second-order valence-electron chi connectivity index (χ2n) is 2.94. The largest absolute Gasteiger partial charge is 0.310 e. The quantitative estimate of drug-likeness (QED) is 0.770. The first-order valence-corrected chi connectivity index (χ1v) is 4.50. The Bertz CT molecular complexity index is 348. The van der Waals surface area contributed by atoms with Crippen molar-refractivity contribution in [1.82, 2.24) is 15.2 Å². The van der Waals surface area contributed by atoms with Crippen LogP contribution in [0.4, 0.5) is 0 Å². The summed E-state index contributed by atoms with van der Waals surface area (Å²) in [6.45, 7) is 3.60. The van der Waals surface area contributed by atoms with E-state index < -0.39 is 9.89 Å². The van der Waals surface area contributed by atoms with Crippen molar-refractivity contribution >= 4 is 23.2 Å². The van der Waals surface area contributed by atoms with Crippen molar-refractivity contribution in [3.8, 4) is 0 Å². The monoisotopic (exact) mass is 221 g/mol. The Morgan fingerprint density at radius 2 is 2.15 bits per heavy atom. The Morgan fingerprint density at radius 3 is 2.62 bits per heavy atom. The molecule has 0 atom stereocenters. The number of nitrogens with zero attached hydrogens (tertiary/aromatic N) is 2. The molecule has 1 aromatic rings. The third-order valence-corrected chi connectivity index (χ3v) is 2.90. The predicted octanol–water partition coefficient (Wildman–Crippen LogP) is 1.45. The third kappa shape index (κ3) is 2.00. The van der Waals surface area contributed by atoms with E-state index in [1.54, 1.807) is 13.8 Å². The number of aromatic amines is 1. The van der Waals surface area contributed by atoms with Crippen LogP contribution < -0.4 is 5.56 Å². The van der Waals surface area contributed by atoms with Crippen molar-refractivity contribution in [3.63, 3.8) is 0 Å². The Balaban J connectivity index is 3.22. The van der Waals surface area contributed by atoms with E-state index in [0.29, 0.717) is 0 Å². The molecular formula is C7H9Cl2N3O. The topological polar surface area (TPSA) is 58.6 Å². The van der Waals surface area contributed by atoms with E-state index in [-0.39, 0.29) is 11.6 Å². The van der Waals surface area contributed by atoms with Crippen LogP contribution in [0.1, 0.15) is 19.5 Å². The molecule has 0 aliphatic heterocycles. The molecule has 0 bridgehead atoms. The highest BCUT2D eigenvalue weighted by molar-refractivity contribution is 6.47. The van der Waals surface area contributed by atoms with Crippen molar-refractivity contribution < 1.29 is 0 Å². The summed E-state index contributed by atoms with van der Waals surface area (Å²) in [6.07, 6.45) is 1.19. The molecule has 0 amide bonds. The van der Waals surface area contributed by atoms with Gasteiger partial charge in [0.15, 0.2) is 10.0 Å². The van der Waals surface area contributed by atoms with Gasteiger partial charge in [0.05, 0.1) is 0 Å².